The summed E-state index contributed by atoms with van der Waals surface area (Å²) in [6.07, 6.45) is 1.68. The van der Waals surface area contributed by atoms with E-state index >= 15 is 0 Å². The Labute approximate surface area is 158 Å². The molecule has 8 heteroatoms. The van der Waals surface area contributed by atoms with Crippen molar-refractivity contribution in [3.63, 3.8) is 0 Å². The van der Waals surface area contributed by atoms with Crippen LogP contribution in [0.3, 0.4) is 0 Å². The molecule has 0 unspecified atom stereocenters. The van der Waals surface area contributed by atoms with E-state index in [1.165, 1.54) is 0 Å². The first-order valence-corrected chi connectivity index (χ1v) is 8.53. The minimum atomic E-state index is 0.409. The summed E-state index contributed by atoms with van der Waals surface area (Å²) in [5.41, 5.74) is 1.73. The number of hydrogen-bond donors (Lipinski definition) is 1. The molecular weight excluding hydrogens is 404 g/mol. The molecule has 0 amide bonds. The molecule has 0 aliphatic carbocycles. The predicted molar refractivity (Wildman–Crippen MR) is 103 cm³/mol. The van der Waals surface area contributed by atoms with Crippen LogP contribution in [0.4, 0.5) is 0 Å². The summed E-state index contributed by atoms with van der Waals surface area (Å²) in [6, 6.07) is 13.4. The molecule has 2 aromatic carbocycles. The van der Waals surface area contributed by atoms with E-state index in [9.17, 15) is 0 Å². The Morgan fingerprint density at radius 2 is 1.84 bits per heavy atom. The zero-order valence-corrected chi connectivity index (χ0v) is 16.0. The van der Waals surface area contributed by atoms with Crippen LogP contribution in [0.2, 0.25) is 0 Å². The molecule has 25 heavy (non-hydrogen) atoms. The van der Waals surface area contributed by atoms with Crippen LogP contribution in [0.15, 0.2) is 52.0 Å². The van der Waals surface area contributed by atoms with Crippen molar-refractivity contribution in [2.45, 2.75) is 0 Å². The first-order valence-electron chi connectivity index (χ1n) is 7.32. The molecule has 0 fully saturated rings. The van der Waals surface area contributed by atoms with E-state index in [2.05, 4.69) is 31.2 Å². The largest absolute Gasteiger partial charge is 0.493 e. The van der Waals surface area contributed by atoms with Gasteiger partial charge in [-0.1, -0.05) is 30.3 Å². The van der Waals surface area contributed by atoms with Crippen molar-refractivity contribution in [1.82, 2.24) is 14.9 Å². The maximum absolute atomic E-state index is 5.33. The van der Waals surface area contributed by atoms with Crippen LogP contribution in [-0.2, 0) is 0 Å². The van der Waals surface area contributed by atoms with Crippen LogP contribution in [0, 0.1) is 4.77 Å². The van der Waals surface area contributed by atoms with E-state index in [1.54, 1.807) is 25.1 Å². The van der Waals surface area contributed by atoms with Gasteiger partial charge in [0.2, 0.25) is 4.77 Å². The van der Waals surface area contributed by atoms with Gasteiger partial charge in [0, 0.05) is 15.6 Å². The van der Waals surface area contributed by atoms with Gasteiger partial charge in [-0.3, -0.25) is 0 Å². The summed E-state index contributed by atoms with van der Waals surface area (Å²) in [6.45, 7) is 0. The highest BCUT2D eigenvalue weighted by Gasteiger charge is 2.10. The average Bonchev–Trinajstić information content (AvgIpc) is 3.01. The minimum absolute atomic E-state index is 0.409. The molecule has 1 N–H and O–H groups in total. The molecule has 3 rings (SSSR count). The van der Waals surface area contributed by atoms with Crippen molar-refractivity contribution in [2.24, 2.45) is 5.10 Å². The summed E-state index contributed by atoms with van der Waals surface area (Å²) < 4.78 is 13.4. The fourth-order valence-electron chi connectivity index (χ4n) is 2.26. The number of halogens is 1. The lowest BCUT2D eigenvalue weighted by Crippen LogP contribution is -1.97. The number of H-pyrrole nitrogens is 1. The van der Waals surface area contributed by atoms with Crippen LogP contribution >= 0.6 is 28.1 Å². The molecule has 0 aliphatic rings. The summed E-state index contributed by atoms with van der Waals surface area (Å²) in [7, 11) is 3.18. The van der Waals surface area contributed by atoms with Crippen molar-refractivity contribution in [2.75, 3.05) is 14.2 Å². The zero-order valence-electron chi connectivity index (χ0n) is 13.6. The van der Waals surface area contributed by atoms with Gasteiger partial charge < -0.3 is 9.47 Å². The Morgan fingerprint density at radius 1 is 1.16 bits per heavy atom. The molecule has 0 spiro atoms. The number of benzene rings is 2. The molecule has 128 valence electrons. The van der Waals surface area contributed by atoms with Gasteiger partial charge in [-0.15, -0.1) is 0 Å². The van der Waals surface area contributed by atoms with E-state index in [4.69, 9.17) is 21.7 Å². The molecule has 0 saturated heterocycles. The summed E-state index contributed by atoms with van der Waals surface area (Å²) in [5.74, 6) is 1.89. The standard InChI is InChI=1S/C17H15BrN4O2S/c1-23-14-8-12(13(18)9-15(14)24-2)10-19-22-16(20-21-17(22)25)11-6-4-3-5-7-11/h3-10H,1-2H3,(H,21,25)/b19-10-. The van der Waals surface area contributed by atoms with Gasteiger partial charge >= 0.3 is 0 Å². The van der Waals surface area contributed by atoms with Gasteiger partial charge in [0.05, 0.1) is 20.4 Å². The van der Waals surface area contributed by atoms with E-state index in [1.807, 2.05) is 42.5 Å². The van der Waals surface area contributed by atoms with Gasteiger partial charge in [-0.25, -0.2) is 5.10 Å². The van der Waals surface area contributed by atoms with Gasteiger partial charge in [0.15, 0.2) is 17.3 Å². The van der Waals surface area contributed by atoms with Crippen molar-refractivity contribution >= 4 is 34.4 Å². The number of ether oxygens (including phenoxy) is 2. The van der Waals surface area contributed by atoms with Crippen LogP contribution < -0.4 is 9.47 Å². The predicted octanol–water partition coefficient (Wildman–Crippen LogP) is 4.27. The number of nitrogens with one attached hydrogen (secondary N) is 1. The van der Waals surface area contributed by atoms with Crippen LogP contribution in [0.1, 0.15) is 5.56 Å². The first kappa shape index (κ1) is 17.4. The number of rotatable bonds is 5. The normalized spacial score (nSPS) is 11.0. The molecule has 6 nitrogen and oxygen atoms in total. The highest BCUT2D eigenvalue weighted by Crippen LogP contribution is 2.32. The lowest BCUT2D eigenvalue weighted by molar-refractivity contribution is 0.354. The van der Waals surface area contributed by atoms with Crippen LogP contribution in [0.5, 0.6) is 11.5 Å². The van der Waals surface area contributed by atoms with Crippen molar-refractivity contribution < 1.29 is 9.47 Å². The number of aromatic amines is 1. The molecule has 1 heterocycles. The monoisotopic (exact) mass is 418 g/mol. The first-order chi connectivity index (χ1) is 12.1. The fraction of sp³-hybridized carbons (Fsp3) is 0.118. The lowest BCUT2D eigenvalue weighted by Gasteiger charge is -2.09. The number of nitrogens with zero attached hydrogens (tertiary/aromatic N) is 3. The number of hydrogen-bond acceptors (Lipinski definition) is 5. The Bertz CT molecular complexity index is 967. The third-order valence-corrected chi connectivity index (χ3v) is 4.45. The Kier molecular flexibility index (Phi) is 5.30. The number of methoxy groups -OCH3 is 2. The summed E-state index contributed by atoms with van der Waals surface area (Å²) in [5, 5.41) is 11.5. The van der Waals surface area contributed by atoms with Crippen molar-refractivity contribution in [3.8, 4) is 22.9 Å². The molecule has 0 aliphatic heterocycles. The van der Waals surface area contributed by atoms with Gasteiger partial charge in [-0.05, 0) is 40.3 Å². The average molecular weight is 419 g/mol. The lowest BCUT2D eigenvalue weighted by atomic mass is 10.2. The Morgan fingerprint density at radius 3 is 2.52 bits per heavy atom. The van der Waals surface area contributed by atoms with Crippen molar-refractivity contribution in [3.05, 3.63) is 57.3 Å². The zero-order chi connectivity index (χ0) is 17.8. The maximum atomic E-state index is 5.33. The minimum Gasteiger partial charge on any atom is -0.493 e. The molecule has 1 aromatic heterocycles. The second-order valence-corrected chi connectivity index (χ2v) is 6.24. The molecule has 3 aromatic rings. The third kappa shape index (κ3) is 3.64. The van der Waals surface area contributed by atoms with E-state index in [-0.39, 0.29) is 0 Å². The topological polar surface area (TPSA) is 64.4 Å². The van der Waals surface area contributed by atoms with E-state index < -0.39 is 0 Å². The van der Waals surface area contributed by atoms with Crippen molar-refractivity contribution in [1.29, 1.82) is 0 Å². The second-order valence-electron chi connectivity index (χ2n) is 5.00. The Balaban J connectivity index is 2.01. The molecule has 0 atom stereocenters. The Hall–Kier alpha value is -2.45. The molecule has 0 bridgehead atoms. The quantitative estimate of drug-likeness (QED) is 0.496. The van der Waals surface area contributed by atoms with E-state index in [0.717, 1.165) is 15.6 Å². The van der Waals surface area contributed by atoms with Gasteiger partial charge in [-0.2, -0.15) is 14.9 Å². The fourth-order valence-corrected chi connectivity index (χ4v) is 2.87. The van der Waals surface area contributed by atoms with Gasteiger partial charge in [0.25, 0.3) is 0 Å². The summed E-state index contributed by atoms with van der Waals surface area (Å²) >= 11 is 8.80. The highest BCUT2D eigenvalue weighted by atomic mass is 79.9. The van der Waals surface area contributed by atoms with Crippen LogP contribution in [-0.4, -0.2) is 35.3 Å². The van der Waals surface area contributed by atoms with Gasteiger partial charge in [0.1, 0.15) is 0 Å². The van der Waals surface area contributed by atoms with Crippen LogP contribution in [0.25, 0.3) is 11.4 Å². The molecular formula is C17H15BrN4O2S. The second kappa shape index (κ2) is 7.62. The SMILES string of the molecule is COc1cc(Br)c(/C=N\n2c(-c3ccccc3)n[nH]c2=S)cc1OC. The summed E-state index contributed by atoms with van der Waals surface area (Å²) in [4.78, 5) is 0. The smallest absolute Gasteiger partial charge is 0.216 e. The number of aromatic nitrogens is 3. The molecule has 0 radical (unpaired) electrons. The highest BCUT2D eigenvalue weighted by molar-refractivity contribution is 9.10. The third-order valence-electron chi connectivity index (χ3n) is 3.50. The molecule has 0 saturated carbocycles. The van der Waals surface area contributed by atoms with E-state index in [0.29, 0.717) is 22.1 Å². The maximum Gasteiger partial charge on any atom is 0.216 e.